The Labute approximate surface area is 132 Å². The van der Waals surface area contributed by atoms with E-state index in [9.17, 15) is 8.42 Å². The zero-order valence-corrected chi connectivity index (χ0v) is 14.2. The van der Waals surface area contributed by atoms with Gasteiger partial charge in [-0.25, -0.2) is 8.42 Å². The summed E-state index contributed by atoms with van der Waals surface area (Å²) in [7, 11) is -0.0658. The van der Waals surface area contributed by atoms with Crippen molar-refractivity contribution in [3.63, 3.8) is 0 Å². The molecule has 1 aromatic carbocycles. The van der Waals surface area contributed by atoms with Gasteiger partial charge in [0, 0.05) is 32.4 Å². The second-order valence-corrected chi connectivity index (χ2v) is 7.58. The Morgan fingerprint density at radius 2 is 1.86 bits per heavy atom. The van der Waals surface area contributed by atoms with E-state index < -0.39 is 10.0 Å². The zero-order valence-electron chi connectivity index (χ0n) is 13.4. The fourth-order valence-corrected chi connectivity index (χ4v) is 3.44. The number of sulfonamides is 1. The molecule has 2 rings (SSSR count). The highest BCUT2D eigenvalue weighted by molar-refractivity contribution is 7.89. The normalized spacial score (nSPS) is 12.0. The lowest BCUT2D eigenvalue weighted by atomic mass is 10.1. The molecule has 22 heavy (non-hydrogen) atoms. The Morgan fingerprint density at radius 3 is 2.41 bits per heavy atom. The van der Waals surface area contributed by atoms with Gasteiger partial charge in [-0.1, -0.05) is 25.5 Å². The summed E-state index contributed by atoms with van der Waals surface area (Å²) in [5.74, 6) is 0. The van der Waals surface area contributed by atoms with E-state index in [1.54, 1.807) is 30.1 Å². The molecule has 5 nitrogen and oxygen atoms in total. The van der Waals surface area contributed by atoms with E-state index >= 15 is 0 Å². The van der Waals surface area contributed by atoms with Crippen LogP contribution in [0.15, 0.2) is 41.6 Å². The molecule has 6 heteroatoms. The summed E-state index contributed by atoms with van der Waals surface area (Å²) in [4.78, 5) is 0.333. The Kier molecular flexibility index (Phi) is 5.37. The number of nitrogens with zero attached hydrogens (tertiary/aromatic N) is 3. The third-order valence-corrected chi connectivity index (χ3v) is 5.43. The minimum Gasteiger partial charge on any atom is -0.275 e. The summed E-state index contributed by atoms with van der Waals surface area (Å²) in [5.41, 5.74) is 2.05. The molecule has 0 saturated carbocycles. The molecule has 0 aliphatic rings. The molecule has 0 bridgehead atoms. The van der Waals surface area contributed by atoms with E-state index in [1.807, 2.05) is 25.4 Å². The van der Waals surface area contributed by atoms with Crippen molar-refractivity contribution >= 4 is 10.0 Å². The minimum atomic E-state index is -3.47. The molecule has 0 unspecified atom stereocenters. The van der Waals surface area contributed by atoms with Crippen LogP contribution in [0.2, 0.25) is 0 Å². The summed E-state index contributed by atoms with van der Waals surface area (Å²) in [6.45, 7) is 2.46. The Balaban J connectivity index is 2.11. The lowest BCUT2D eigenvalue weighted by Crippen LogP contribution is -2.26. The van der Waals surface area contributed by atoms with E-state index in [-0.39, 0.29) is 0 Å². The summed E-state index contributed by atoms with van der Waals surface area (Å²) in [5, 5.41) is 4.06. The summed E-state index contributed by atoms with van der Waals surface area (Å²) < 4.78 is 28.2. The van der Waals surface area contributed by atoms with Gasteiger partial charge in [0.05, 0.1) is 11.1 Å². The molecule has 120 valence electrons. The van der Waals surface area contributed by atoms with Gasteiger partial charge in [0.2, 0.25) is 10.0 Å². The average Bonchev–Trinajstić information content (AvgIpc) is 2.90. The van der Waals surface area contributed by atoms with Gasteiger partial charge in [0.15, 0.2) is 0 Å². The highest BCUT2D eigenvalue weighted by atomic mass is 32.2. The van der Waals surface area contributed by atoms with Crippen molar-refractivity contribution in [2.45, 2.75) is 37.6 Å². The van der Waals surface area contributed by atoms with E-state index in [1.165, 1.54) is 9.87 Å². The predicted octanol–water partition coefficient (Wildman–Crippen LogP) is 2.58. The monoisotopic (exact) mass is 321 g/mol. The van der Waals surface area contributed by atoms with E-state index in [0.717, 1.165) is 24.8 Å². The number of benzene rings is 1. The third-order valence-electron chi connectivity index (χ3n) is 3.61. The average molecular weight is 321 g/mol. The van der Waals surface area contributed by atoms with Gasteiger partial charge in [-0.2, -0.15) is 9.40 Å². The highest BCUT2D eigenvalue weighted by Gasteiger charge is 2.21. The summed E-state index contributed by atoms with van der Waals surface area (Å²) in [6, 6.07) is 7.20. The molecule has 0 fully saturated rings. The van der Waals surface area contributed by atoms with Crippen molar-refractivity contribution in [2.75, 3.05) is 7.05 Å². The molecule has 0 aliphatic carbocycles. The molecule has 0 spiro atoms. The van der Waals surface area contributed by atoms with Gasteiger partial charge in [0.1, 0.15) is 0 Å². The van der Waals surface area contributed by atoms with E-state index in [4.69, 9.17) is 0 Å². The zero-order chi connectivity index (χ0) is 16.2. The Morgan fingerprint density at radius 1 is 1.18 bits per heavy atom. The molecule has 0 amide bonds. The molecule has 0 N–H and O–H groups in total. The minimum absolute atomic E-state index is 0.313. The van der Waals surface area contributed by atoms with Crippen LogP contribution in [0.1, 0.15) is 30.9 Å². The lowest BCUT2D eigenvalue weighted by Gasteiger charge is -2.16. The van der Waals surface area contributed by atoms with Gasteiger partial charge in [-0.3, -0.25) is 4.68 Å². The van der Waals surface area contributed by atoms with Crippen molar-refractivity contribution in [1.82, 2.24) is 14.1 Å². The molecule has 2 aromatic rings. The largest absolute Gasteiger partial charge is 0.275 e. The first kappa shape index (κ1) is 16.7. The molecule has 1 heterocycles. The standard InChI is InChI=1S/C16H23N3O2S/c1-4-5-6-14-7-9-16(10-8-14)22(20,21)19(3)13-15-11-17-18(2)12-15/h7-12H,4-6,13H2,1-3H3. The van der Waals surface area contributed by atoms with Crippen molar-refractivity contribution in [3.8, 4) is 0 Å². The maximum Gasteiger partial charge on any atom is 0.243 e. The van der Waals surface area contributed by atoms with Gasteiger partial charge >= 0.3 is 0 Å². The number of aromatic nitrogens is 2. The number of hydrogen-bond acceptors (Lipinski definition) is 3. The first-order valence-corrected chi connectivity index (χ1v) is 8.90. The molecule has 0 radical (unpaired) electrons. The molecule has 0 aliphatic heterocycles. The highest BCUT2D eigenvalue weighted by Crippen LogP contribution is 2.18. The lowest BCUT2D eigenvalue weighted by molar-refractivity contribution is 0.466. The van der Waals surface area contributed by atoms with Gasteiger partial charge in [0.25, 0.3) is 0 Å². The van der Waals surface area contributed by atoms with Gasteiger partial charge < -0.3 is 0 Å². The number of aryl methyl sites for hydroxylation is 2. The first-order valence-electron chi connectivity index (χ1n) is 7.46. The van der Waals surface area contributed by atoms with Crippen LogP contribution in [0.5, 0.6) is 0 Å². The van der Waals surface area contributed by atoms with Crippen LogP contribution >= 0.6 is 0 Å². The van der Waals surface area contributed by atoms with Crippen LogP contribution in [0.3, 0.4) is 0 Å². The smallest absolute Gasteiger partial charge is 0.243 e. The molecular formula is C16H23N3O2S. The van der Waals surface area contributed by atoms with Crippen LogP contribution < -0.4 is 0 Å². The SMILES string of the molecule is CCCCc1ccc(S(=O)(=O)N(C)Cc2cnn(C)c2)cc1. The number of rotatable bonds is 7. The quantitative estimate of drug-likeness (QED) is 0.787. The predicted molar refractivity (Wildman–Crippen MR) is 86.9 cm³/mol. The maximum absolute atomic E-state index is 12.6. The van der Waals surface area contributed by atoms with E-state index in [0.29, 0.717) is 11.4 Å². The van der Waals surface area contributed by atoms with Gasteiger partial charge in [-0.15, -0.1) is 0 Å². The van der Waals surface area contributed by atoms with Crippen LogP contribution in [-0.4, -0.2) is 29.6 Å². The number of hydrogen-bond donors (Lipinski definition) is 0. The Bertz CT molecular complexity index is 705. The van der Waals surface area contributed by atoms with Crippen LogP contribution in [0.4, 0.5) is 0 Å². The molecule has 0 saturated heterocycles. The summed E-state index contributed by atoms with van der Waals surface area (Å²) in [6.07, 6.45) is 6.74. The fraction of sp³-hybridized carbons (Fsp3) is 0.438. The summed E-state index contributed by atoms with van der Waals surface area (Å²) >= 11 is 0. The van der Waals surface area contributed by atoms with Crippen LogP contribution in [0, 0.1) is 0 Å². The maximum atomic E-state index is 12.6. The second kappa shape index (κ2) is 7.07. The topological polar surface area (TPSA) is 55.2 Å². The van der Waals surface area contributed by atoms with Crippen molar-refractivity contribution in [2.24, 2.45) is 7.05 Å². The van der Waals surface area contributed by atoms with Crippen LogP contribution in [0.25, 0.3) is 0 Å². The van der Waals surface area contributed by atoms with Crippen molar-refractivity contribution in [3.05, 3.63) is 47.8 Å². The molecule has 0 atom stereocenters. The van der Waals surface area contributed by atoms with Gasteiger partial charge in [-0.05, 0) is 30.5 Å². The fourth-order valence-electron chi connectivity index (χ4n) is 2.28. The third kappa shape index (κ3) is 3.96. The van der Waals surface area contributed by atoms with E-state index in [2.05, 4.69) is 12.0 Å². The van der Waals surface area contributed by atoms with Crippen molar-refractivity contribution in [1.29, 1.82) is 0 Å². The Hall–Kier alpha value is -1.66. The molecule has 1 aromatic heterocycles. The number of unbranched alkanes of at least 4 members (excludes halogenated alkanes) is 1. The second-order valence-electron chi connectivity index (χ2n) is 5.53. The van der Waals surface area contributed by atoms with Crippen LogP contribution in [-0.2, 0) is 30.0 Å². The van der Waals surface area contributed by atoms with Crippen molar-refractivity contribution < 1.29 is 8.42 Å². The molecular weight excluding hydrogens is 298 g/mol. The first-order chi connectivity index (χ1) is 10.4.